The Hall–Kier alpha value is -0.240. The van der Waals surface area contributed by atoms with Gasteiger partial charge in [-0.05, 0) is 0 Å². The number of methoxy groups -OCH3 is 2. The molecular formula is C10H22O6. The van der Waals surface area contributed by atoms with E-state index in [1.165, 1.54) is 0 Å². The minimum atomic E-state index is 0.405. The number of hydrogen-bond donors (Lipinski definition) is 0. The van der Waals surface area contributed by atoms with Crippen molar-refractivity contribution in [2.45, 2.75) is 0 Å². The summed E-state index contributed by atoms with van der Waals surface area (Å²) in [6.45, 7) is 4.12. The molecule has 0 rings (SSSR count). The Kier molecular flexibility index (Phi) is 14.5. The second-order valence-electron chi connectivity index (χ2n) is 2.85. The molecule has 6 heteroatoms. The highest BCUT2D eigenvalue weighted by atomic mass is 17.2. The smallest absolute Gasteiger partial charge is 0.106 e. The van der Waals surface area contributed by atoms with Gasteiger partial charge in [-0.15, -0.1) is 0 Å². The highest BCUT2D eigenvalue weighted by Crippen LogP contribution is 1.83. The number of rotatable bonds is 13. The van der Waals surface area contributed by atoms with Crippen LogP contribution in [-0.2, 0) is 28.7 Å². The zero-order valence-electron chi connectivity index (χ0n) is 10.1. The highest BCUT2D eigenvalue weighted by Gasteiger charge is 1.92. The van der Waals surface area contributed by atoms with Crippen molar-refractivity contribution in [2.24, 2.45) is 0 Å². The maximum atomic E-state index is 5.16. The Labute approximate surface area is 96.6 Å². The SMILES string of the molecule is COCCOCCOOCCOCCOC. The summed E-state index contributed by atoms with van der Waals surface area (Å²) in [7, 11) is 3.26. The van der Waals surface area contributed by atoms with Crippen LogP contribution < -0.4 is 0 Å². The molecule has 0 amide bonds. The zero-order chi connectivity index (χ0) is 11.9. The summed E-state index contributed by atoms with van der Waals surface area (Å²) in [5, 5.41) is 0. The molecule has 0 unspecified atom stereocenters. The van der Waals surface area contributed by atoms with Crippen molar-refractivity contribution in [1.82, 2.24) is 0 Å². The molecule has 0 aromatic rings. The molecule has 0 aliphatic heterocycles. The monoisotopic (exact) mass is 238 g/mol. The first-order valence-corrected chi connectivity index (χ1v) is 5.29. The molecule has 0 bridgehead atoms. The minimum Gasteiger partial charge on any atom is -0.382 e. The maximum absolute atomic E-state index is 5.16. The van der Waals surface area contributed by atoms with Gasteiger partial charge >= 0.3 is 0 Å². The van der Waals surface area contributed by atoms with Gasteiger partial charge < -0.3 is 18.9 Å². The summed E-state index contributed by atoms with van der Waals surface area (Å²) in [6, 6.07) is 0. The Bertz CT molecular complexity index is 108. The molecule has 0 aromatic carbocycles. The first-order chi connectivity index (χ1) is 7.91. The van der Waals surface area contributed by atoms with Gasteiger partial charge in [0.2, 0.25) is 0 Å². The molecular weight excluding hydrogens is 216 g/mol. The molecule has 0 N–H and O–H groups in total. The molecule has 0 aromatic heterocycles. The van der Waals surface area contributed by atoms with Gasteiger partial charge in [0, 0.05) is 14.2 Å². The van der Waals surface area contributed by atoms with E-state index >= 15 is 0 Å². The molecule has 0 fully saturated rings. The topological polar surface area (TPSA) is 55.4 Å². The molecule has 0 saturated heterocycles. The van der Waals surface area contributed by atoms with Gasteiger partial charge in [0.05, 0.1) is 39.6 Å². The molecule has 0 aliphatic rings. The quantitative estimate of drug-likeness (QED) is 0.261. The lowest BCUT2D eigenvalue weighted by Gasteiger charge is -2.05. The summed E-state index contributed by atoms with van der Waals surface area (Å²) in [5.74, 6) is 0. The molecule has 0 heterocycles. The van der Waals surface area contributed by atoms with E-state index in [0.717, 1.165) is 0 Å². The lowest BCUT2D eigenvalue weighted by atomic mass is 10.7. The van der Waals surface area contributed by atoms with Gasteiger partial charge in [-0.25, -0.2) is 9.78 Å². The lowest BCUT2D eigenvalue weighted by Crippen LogP contribution is -2.11. The molecule has 0 aliphatic carbocycles. The van der Waals surface area contributed by atoms with E-state index in [-0.39, 0.29) is 0 Å². The number of hydrogen-bond acceptors (Lipinski definition) is 6. The second-order valence-corrected chi connectivity index (χ2v) is 2.85. The predicted molar refractivity (Wildman–Crippen MR) is 57.3 cm³/mol. The zero-order valence-corrected chi connectivity index (χ0v) is 10.1. The largest absolute Gasteiger partial charge is 0.382 e. The Morgan fingerprint density at radius 2 is 0.875 bits per heavy atom. The highest BCUT2D eigenvalue weighted by molar-refractivity contribution is 4.29. The van der Waals surface area contributed by atoms with E-state index in [9.17, 15) is 0 Å². The van der Waals surface area contributed by atoms with Crippen molar-refractivity contribution in [3.8, 4) is 0 Å². The fourth-order valence-corrected chi connectivity index (χ4v) is 0.792. The van der Waals surface area contributed by atoms with E-state index in [2.05, 4.69) is 0 Å². The first-order valence-electron chi connectivity index (χ1n) is 5.29. The molecule has 0 spiro atoms. The van der Waals surface area contributed by atoms with Crippen molar-refractivity contribution in [3.05, 3.63) is 0 Å². The Balaban J connectivity index is 2.83. The molecule has 0 radical (unpaired) electrons. The van der Waals surface area contributed by atoms with Gasteiger partial charge in [0.15, 0.2) is 0 Å². The van der Waals surface area contributed by atoms with Gasteiger partial charge in [0.25, 0.3) is 0 Å². The van der Waals surface area contributed by atoms with E-state index in [1.807, 2.05) is 0 Å². The second kappa shape index (κ2) is 14.8. The van der Waals surface area contributed by atoms with Crippen LogP contribution in [0.2, 0.25) is 0 Å². The van der Waals surface area contributed by atoms with E-state index < -0.39 is 0 Å². The molecule has 16 heavy (non-hydrogen) atoms. The summed E-state index contributed by atoms with van der Waals surface area (Å²) in [6.07, 6.45) is 0. The summed E-state index contributed by atoms with van der Waals surface area (Å²) in [4.78, 5) is 9.69. The summed E-state index contributed by atoms with van der Waals surface area (Å²) in [5.41, 5.74) is 0. The first kappa shape index (κ1) is 15.8. The molecule has 0 atom stereocenters. The minimum absolute atomic E-state index is 0.405. The van der Waals surface area contributed by atoms with Crippen LogP contribution in [0.3, 0.4) is 0 Å². The lowest BCUT2D eigenvalue weighted by molar-refractivity contribution is -0.303. The van der Waals surface area contributed by atoms with Crippen LogP contribution >= 0.6 is 0 Å². The number of ether oxygens (including phenoxy) is 4. The van der Waals surface area contributed by atoms with Crippen LogP contribution in [0.15, 0.2) is 0 Å². The van der Waals surface area contributed by atoms with Crippen LogP contribution in [0.4, 0.5) is 0 Å². The third-order valence-corrected chi connectivity index (χ3v) is 1.57. The molecule has 98 valence electrons. The predicted octanol–water partition coefficient (Wildman–Crippen LogP) is 0.261. The fourth-order valence-electron chi connectivity index (χ4n) is 0.792. The van der Waals surface area contributed by atoms with Crippen LogP contribution in [0.1, 0.15) is 0 Å². The van der Waals surface area contributed by atoms with Gasteiger partial charge in [-0.3, -0.25) is 0 Å². The van der Waals surface area contributed by atoms with Crippen LogP contribution in [-0.4, -0.2) is 67.1 Å². The normalized spacial score (nSPS) is 10.9. The third-order valence-electron chi connectivity index (χ3n) is 1.57. The summed E-state index contributed by atoms with van der Waals surface area (Å²) < 4.78 is 19.9. The van der Waals surface area contributed by atoms with E-state index in [0.29, 0.717) is 52.9 Å². The van der Waals surface area contributed by atoms with Crippen LogP contribution in [0, 0.1) is 0 Å². The molecule has 6 nitrogen and oxygen atoms in total. The van der Waals surface area contributed by atoms with Crippen molar-refractivity contribution < 1.29 is 28.7 Å². The van der Waals surface area contributed by atoms with Crippen molar-refractivity contribution in [1.29, 1.82) is 0 Å². The van der Waals surface area contributed by atoms with Crippen LogP contribution in [0.5, 0.6) is 0 Å². The average molecular weight is 238 g/mol. The Morgan fingerprint density at radius 3 is 1.25 bits per heavy atom. The average Bonchev–Trinajstić information content (AvgIpc) is 2.31. The van der Waals surface area contributed by atoms with E-state index in [1.54, 1.807) is 14.2 Å². The third kappa shape index (κ3) is 13.8. The van der Waals surface area contributed by atoms with Gasteiger partial charge in [-0.1, -0.05) is 0 Å². The molecule has 0 saturated carbocycles. The Morgan fingerprint density at radius 1 is 0.500 bits per heavy atom. The van der Waals surface area contributed by atoms with Crippen molar-refractivity contribution in [3.63, 3.8) is 0 Å². The summed E-state index contributed by atoms with van der Waals surface area (Å²) >= 11 is 0. The van der Waals surface area contributed by atoms with Crippen LogP contribution in [0.25, 0.3) is 0 Å². The standard InChI is InChI=1S/C10H22O6/c1-11-3-5-13-7-9-15-16-10-8-14-6-4-12-2/h3-10H2,1-2H3. The fraction of sp³-hybridized carbons (Fsp3) is 1.00. The van der Waals surface area contributed by atoms with E-state index in [4.69, 9.17) is 28.7 Å². The van der Waals surface area contributed by atoms with Crippen molar-refractivity contribution >= 4 is 0 Å². The van der Waals surface area contributed by atoms with Gasteiger partial charge in [0.1, 0.15) is 13.2 Å². The van der Waals surface area contributed by atoms with Crippen molar-refractivity contribution in [2.75, 3.05) is 67.1 Å². The van der Waals surface area contributed by atoms with Gasteiger partial charge in [-0.2, -0.15) is 0 Å². The maximum Gasteiger partial charge on any atom is 0.106 e.